The van der Waals surface area contributed by atoms with E-state index < -0.39 is 0 Å². The van der Waals surface area contributed by atoms with E-state index in [-0.39, 0.29) is 0 Å². The second-order valence-corrected chi connectivity index (χ2v) is 8.00. The fraction of sp³-hybridized carbons (Fsp3) is 0.143. The van der Waals surface area contributed by atoms with E-state index in [0.717, 1.165) is 50.7 Å². The number of benzene rings is 3. The number of fused-ring (bicyclic) bond motifs is 1. The molecule has 3 aromatic carbocycles. The van der Waals surface area contributed by atoms with Crippen LogP contribution < -0.4 is 9.47 Å². The second kappa shape index (κ2) is 8.43. The van der Waals surface area contributed by atoms with Gasteiger partial charge in [-0.05, 0) is 92.7 Å². The van der Waals surface area contributed by atoms with Crippen LogP contribution in [0.4, 0.5) is 0 Å². The van der Waals surface area contributed by atoms with Gasteiger partial charge in [0.2, 0.25) is 0 Å². The highest BCUT2D eigenvalue weighted by atomic mass is 16.5. The molecule has 0 saturated heterocycles. The molecule has 0 aliphatic heterocycles. The first-order chi connectivity index (χ1) is 16.1. The maximum Gasteiger partial charge on any atom is 0.118 e. The quantitative estimate of drug-likeness (QED) is 0.321. The molecule has 0 fully saturated rings. The van der Waals surface area contributed by atoms with E-state index in [1.165, 1.54) is 11.4 Å². The van der Waals surface area contributed by atoms with Gasteiger partial charge < -0.3 is 14.0 Å². The third-order valence-corrected chi connectivity index (χ3v) is 5.90. The molecule has 5 aromatic rings. The van der Waals surface area contributed by atoms with Crippen LogP contribution in [0.25, 0.3) is 39.2 Å². The number of aryl methyl sites for hydroxylation is 2. The van der Waals surface area contributed by atoms with Gasteiger partial charge in [-0.15, -0.1) is 0 Å². The molecule has 5 rings (SSSR count). The van der Waals surface area contributed by atoms with Crippen molar-refractivity contribution in [2.24, 2.45) is 0 Å². The van der Waals surface area contributed by atoms with Gasteiger partial charge in [0, 0.05) is 28.2 Å². The summed E-state index contributed by atoms with van der Waals surface area (Å²) >= 11 is 0. The molecule has 2 aromatic heterocycles. The Morgan fingerprint density at radius 1 is 0.576 bits per heavy atom. The van der Waals surface area contributed by atoms with Crippen LogP contribution in [0.1, 0.15) is 11.4 Å². The van der Waals surface area contributed by atoms with E-state index in [1.807, 2.05) is 54.6 Å². The van der Waals surface area contributed by atoms with E-state index in [4.69, 9.17) is 19.4 Å². The molecular formula is C28H25N3O2. The van der Waals surface area contributed by atoms with Crippen molar-refractivity contribution >= 4 is 11.0 Å². The van der Waals surface area contributed by atoms with Crippen molar-refractivity contribution in [1.82, 2.24) is 14.5 Å². The smallest absolute Gasteiger partial charge is 0.118 e. The Balaban J connectivity index is 1.72. The third-order valence-electron chi connectivity index (χ3n) is 5.90. The van der Waals surface area contributed by atoms with Crippen molar-refractivity contribution in [2.75, 3.05) is 14.2 Å². The van der Waals surface area contributed by atoms with Crippen LogP contribution in [0.2, 0.25) is 0 Å². The first-order valence-electron chi connectivity index (χ1n) is 10.8. The summed E-state index contributed by atoms with van der Waals surface area (Å²) in [4.78, 5) is 10.1. The van der Waals surface area contributed by atoms with Gasteiger partial charge in [0.1, 0.15) is 11.5 Å². The highest BCUT2D eigenvalue weighted by molar-refractivity contribution is 5.87. The standard InChI is InChI=1S/C28H25N3O2/c1-18-5-6-19(2)31(18)22-11-16-25-26(17-22)30-28(21-9-14-24(33-4)15-10-21)27(29-25)20-7-12-23(32-3)13-8-20/h5-17H,1-4H3. The molecule has 0 atom stereocenters. The zero-order chi connectivity index (χ0) is 22.9. The van der Waals surface area contributed by atoms with Crippen LogP contribution in [0.3, 0.4) is 0 Å². The molecule has 2 heterocycles. The molecule has 164 valence electrons. The van der Waals surface area contributed by atoms with Crippen LogP contribution >= 0.6 is 0 Å². The lowest BCUT2D eigenvalue weighted by Crippen LogP contribution is -2.00. The molecule has 0 amide bonds. The SMILES string of the molecule is COc1ccc(-c2nc3ccc(-n4c(C)ccc4C)cc3nc2-c2ccc(OC)cc2)cc1. The molecule has 0 unspecified atom stereocenters. The number of hydrogen-bond acceptors (Lipinski definition) is 4. The third kappa shape index (κ3) is 3.82. The van der Waals surface area contributed by atoms with Gasteiger partial charge in [-0.3, -0.25) is 0 Å². The lowest BCUT2D eigenvalue weighted by atomic mass is 10.0. The second-order valence-electron chi connectivity index (χ2n) is 8.00. The molecule has 33 heavy (non-hydrogen) atoms. The largest absolute Gasteiger partial charge is 0.497 e. The van der Waals surface area contributed by atoms with Crippen molar-refractivity contribution in [3.63, 3.8) is 0 Å². The summed E-state index contributed by atoms with van der Waals surface area (Å²) in [6.45, 7) is 4.22. The number of nitrogens with zero attached hydrogens (tertiary/aromatic N) is 3. The summed E-state index contributed by atoms with van der Waals surface area (Å²) in [5.41, 5.74) is 8.77. The first kappa shape index (κ1) is 20.8. The van der Waals surface area contributed by atoms with E-state index in [1.54, 1.807) is 14.2 Å². The van der Waals surface area contributed by atoms with Gasteiger partial charge in [-0.25, -0.2) is 9.97 Å². The van der Waals surface area contributed by atoms with Gasteiger partial charge in [0.25, 0.3) is 0 Å². The number of methoxy groups -OCH3 is 2. The number of ether oxygens (including phenoxy) is 2. The number of rotatable bonds is 5. The van der Waals surface area contributed by atoms with E-state index in [2.05, 4.69) is 42.7 Å². The van der Waals surface area contributed by atoms with Gasteiger partial charge in [0.05, 0.1) is 36.6 Å². The minimum atomic E-state index is 0.805. The molecule has 5 heteroatoms. The lowest BCUT2D eigenvalue weighted by molar-refractivity contribution is 0.414. The van der Waals surface area contributed by atoms with Crippen LogP contribution in [-0.4, -0.2) is 28.8 Å². The van der Waals surface area contributed by atoms with Crippen LogP contribution in [0.5, 0.6) is 11.5 Å². The minimum absolute atomic E-state index is 0.805. The fourth-order valence-electron chi connectivity index (χ4n) is 4.16. The summed E-state index contributed by atoms with van der Waals surface area (Å²) in [5.74, 6) is 1.61. The first-order valence-corrected chi connectivity index (χ1v) is 10.8. The molecule has 0 aliphatic carbocycles. The van der Waals surface area contributed by atoms with Crippen LogP contribution in [0.15, 0.2) is 78.9 Å². The van der Waals surface area contributed by atoms with Crippen molar-refractivity contribution in [2.45, 2.75) is 13.8 Å². The number of aromatic nitrogens is 3. The maximum atomic E-state index is 5.34. The number of hydrogen-bond donors (Lipinski definition) is 0. The molecule has 0 N–H and O–H groups in total. The maximum absolute atomic E-state index is 5.34. The molecule has 0 saturated carbocycles. The van der Waals surface area contributed by atoms with Gasteiger partial charge in [0.15, 0.2) is 0 Å². The zero-order valence-electron chi connectivity index (χ0n) is 19.2. The predicted octanol–water partition coefficient (Wildman–Crippen LogP) is 6.39. The fourth-order valence-corrected chi connectivity index (χ4v) is 4.16. The summed E-state index contributed by atoms with van der Waals surface area (Å²) < 4.78 is 12.9. The highest BCUT2D eigenvalue weighted by Gasteiger charge is 2.15. The van der Waals surface area contributed by atoms with Crippen molar-refractivity contribution in [3.8, 4) is 39.7 Å². The Morgan fingerprint density at radius 2 is 1.06 bits per heavy atom. The average molecular weight is 436 g/mol. The van der Waals surface area contributed by atoms with Crippen LogP contribution in [-0.2, 0) is 0 Å². The summed E-state index contributed by atoms with van der Waals surface area (Å²) in [7, 11) is 3.33. The molecule has 0 bridgehead atoms. The molecular weight excluding hydrogens is 410 g/mol. The van der Waals surface area contributed by atoms with Gasteiger partial charge in [-0.2, -0.15) is 0 Å². The van der Waals surface area contributed by atoms with Crippen molar-refractivity contribution in [3.05, 3.63) is 90.3 Å². The average Bonchev–Trinajstić information content (AvgIpc) is 3.20. The Kier molecular flexibility index (Phi) is 5.31. The monoisotopic (exact) mass is 435 g/mol. The molecule has 0 aliphatic rings. The lowest BCUT2D eigenvalue weighted by Gasteiger charge is -2.14. The Labute approximate surface area is 193 Å². The van der Waals surface area contributed by atoms with Crippen molar-refractivity contribution < 1.29 is 9.47 Å². The highest BCUT2D eigenvalue weighted by Crippen LogP contribution is 2.33. The van der Waals surface area contributed by atoms with Gasteiger partial charge >= 0.3 is 0 Å². The Morgan fingerprint density at radius 3 is 1.55 bits per heavy atom. The summed E-state index contributed by atoms with van der Waals surface area (Å²) in [6, 6.07) is 26.4. The molecule has 5 nitrogen and oxygen atoms in total. The van der Waals surface area contributed by atoms with E-state index in [9.17, 15) is 0 Å². The van der Waals surface area contributed by atoms with Crippen LogP contribution in [0, 0.1) is 13.8 Å². The normalized spacial score (nSPS) is 11.0. The Bertz CT molecular complexity index is 1420. The van der Waals surface area contributed by atoms with Crippen molar-refractivity contribution in [1.29, 1.82) is 0 Å². The van der Waals surface area contributed by atoms with E-state index in [0.29, 0.717) is 0 Å². The minimum Gasteiger partial charge on any atom is -0.497 e. The van der Waals surface area contributed by atoms with E-state index >= 15 is 0 Å². The topological polar surface area (TPSA) is 49.2 Å². The van der Waals surface area contributed by atoms with Gasteiger partial charge in [-0.1, -0.05) is 0 Å². The predicted molar refractivity (Wildman–Crippen MR) is 132 cm³/mol. The molecule has 0 radical (unpaired) electrons. The molecule has 0 spiro atoms. The summed E-state index contributed by atoms with van der Waals surface area (Å²) in [5, 5.41) is 0. The summed E-state index contributed by atoms with van der Waals surface area (Å²) in [6.07, 6.45) is 0. The Hall–Kier alpha value is -4.12. The zero-order valence-corrected chi connectivity index (χ0v) is 19.2.